The summed E-state index contributed by atoms with van der Waals surface area (Å²) in [5.41, 5.74) is 0.984. The highest BCUT2D eigenvalue weighted by Gasteiger charge is 2.48. The van der Waals surface area contributed by atoms with E-state index >= 15 is 0 Å². The van der Waals surface area contributed by atoms with Crippen molar-refractivity contribution in [1.82, 2.24) is 14.8 Å². The predicted molar refractivity (Wildman–Crippen MR) is 103 cm³/mol. The number of amides is 1. The van der Waals surface area contributed by atoms with Crippen molar-refractivity contribution >= 4 is 6.41 Å². The Hall–Kier alpha value is -1.46. The van der Waals surface area contributed by atoms with Crippen LogP contribution < -0.4 is 0 Å². The fourth-order valence-electron chi connectivity index (χ4n) is 3.77. The molecule has 0 unspecified atom stereocenters. The van der Waals surface area contributed by atoms with Gasteiger partial charge in [-0.1, -0.05) is 6.07 Å². The van der Waals surface area contributed by atoms with Gasteiger partial charge < -0.3 is 14.5 Å². The predicted octanol–water partition coefficient (Wildman–Crippen LogP) is 2.89. The molecule has 2 fully saturated rings. The quantitative estimate of drug-likeness (QED) is 0.636. The van der Waals surface area contributed by atoms with Gasteiger partial charge in [0.05, 0.1) is 11.2 Å². The van der Waals surface area contributed by atoms with E-state index in [9.17, 15) is 4.79 Å². The van der Waals surface area contributed by atoms with E-state index in [0.717, 1.165) is 63.8 Å². The van der Waals surface area contributed by atoms with Gasteiger partial charge in [0.1, 0.15) is 0 Å². The normalized spacial score (nSPS) is 21.5. The minimum absolute atomic E-state index is 0.0294. The van der Waals surface area contributed by atoms with Gasteiger partial charge in [0, 0.05) is 50.5 Å². The number of nitrogens with zero attached hydrogens (tertiary/aromatic N) is 3. The fraction of sp³-hybridized carbons (Fsp3) is 0.714. The SMILES string of the molecule is CC(C)N(C=O)CC1(OC2(C)CC2)CCN(CCc2ccccn2)CC1. The molecule has 144 valence electrons. The monoisotopic (exact) mass is 359 g/mol. The second kappa shape index (κ2) is 8.05. The molecule has 3 rings (SSSR count). The number of rotatable bonds is 9. The maximum atomic E-state index is 11.5. The molecule has 1 saturated heterocycles. The lowest BCUT2D eigenvalue weighted by atomic mass is 9.89. The fourth-order valence-corrected chi connectivity index (χ4v) is 3.77. The van der Waals surface area contributed by atoms with Crippen molar-refractivity contribution in [3.63, 3.8) is 0 Å². The van der Waals surface area contributed by atoms with Crippen LogP contribution in [0.4, 0.5) is 0 Å². The number of piperidine rings is 1. The van der Waals surface area contributed by atoms with E-state index in [0.29, 0.717) is 6.54 Å². The Balaban J connectivity index is 1.58. The summed E-state index contributed by atoms with van der Waals surface area (Å²) in [5.74, 6) is 0. The van der Waals surface area contributed by atoms with Crippen molar-refractivity contribution in [3.8, 4) is 0 Å². The number of hydrogen-bond donors (Lipinski definition) is 0. The Labute approximate surface area is 157 Å². The molecule has 0 N–H and O–H groups in total. The topological polar surface area (TPSA) is 45.7 Å². The van der Waals surface area contributed by atoms with E-state index in [-0.39, 0.29) is 17.2 Å². The lowest BCUT2D eigenvalue weighted by molar-refractivity contribution is -0.151. The van der Waals surface area contributed by atoms with Crippen LogP contribution in [0.25, 0.3) is 0 Å². The number of hydrogen-bond acceptors (Lipinski definition) is 4. The standard InChI is InChI=1S/C21H33N3O2/c1-18(2)24(17-25)16-21(26-20(3)8-9-20)10-14-23(15-11-21)13-7-19-6-4-5-12-22-19/h4-6,12,17-18H,7-11,13-16H2,1-3H3. The third-order valence-corrected chi connectivity index (χ3v) is 5.86. The summed E-state index contributed by atoms with van der Waals surface area (Å²) in [6, 6.07) is 6.31. The number of carbonyl (C=O) groups excluding carboxylic acids is 1. The van der Waals surface area contributed by atoms with Gasteiger partial charge in [0.2, 0.25) is 6.41 Å². The molecular formula is C21H33N3O2. The lowest BCUT2D eigenvalue weighted by Crippen LogP contribution is -2.55. The summed E-state index contributed by atoms with van der Waals surface area (Å²) in [7, 11) is 0. The summed E-state index contributed by atoms with van der Waals surface area (Å²) in [5, 5.41) is 0. The molecule has 0 aromatic carbocycles. The number of carbonyl (C=O) groups is 1. The molecule has 1 aliphatic heterocycles. The highest BCUT2D eigenvalue weighted by Crippen LogP contribution is 2.45. The van der Waals surface area contributed by atoms with E-state index < -0.39 is 0 Å². The smallest absolute Gasteiger partial charge is 0.210 e. The third-order valence-electron chi connectivity index (χ3n) is 5.86. The summed E-state index contributed by atoms with van der Waals surface area (Å²) in [6.07, 6.45) is 8.09. The van der Waals surface area contributed by atoms with Crippen LogP contribution in [0.2, 0.25) is 0 Å². The molecule has 0 radical (unpaired) electrons. The summed E-state index contributed by atoms with van der Waals surface area (Å²) in [6.45, 7) is 10.1. The van der Waals surface area contributed by atoms with Crippen molar-refractivity contribution in [2.45, 2.75) is 70.1 Å². The Morgan fingerprint density at radius 3 is 2.54 bits per heavy atom. The van der Waals surface area contributed by atoms with E-state index in [1.807, 2.05) is 23.2 Å². The first-order valence-electron chi connectivity index (χ1n) is 9.97. The molecule has 5 nitrogen and oxygen atoms in total. The highest BCUT2D eigenvalue weighted by atomic mass is 16.5. The van der Waals surface area contributed by atoms with Gasteiger partial charge in [-0.2, -0.15) is 0 Å². The number of ether oxygens (including phenoxy) is 1. The minimum atomic E-state index is -0.197. The van der Waals surface area contributed by atoms with Crippen molar-refractivity contribution in [1.29, 1.82) is 0 Å². The van der Waals surface area contributed by atoms with Gasteiger partial charge >= 0.3 is 0 Å². The molecule has 0 bridgehead atoms. The van der Waals surface area contributed by atoms with Gasteiger partial charge in [0.15, 0.2) is 0 Å². The number of pyridine rings is 1. The van der Waals surface area contributed by atoms with Gasteiger partial charge in [-0.25, -0.2) is 0 Å². The first-order valence-corrected chi connectivity index (χ1v) is 9.97. The number of aromatic nitrogens is 1. The van der Waals surface area contributed by atoms with Gasteiger partial charge in [0.25, 0.3) is 0 Å². The van der Waals surface area contributed by atoms with E-state index in [2.05, 4.69) is 36.7 Å². The van der Waals surface area contributed by atoms with Gasteiger partial charge in [-0.05, 0) is 58.6 Å². The molecule has 5 heteroatoms. The zero-order valence-electron chi connectivity index (χ0n) is 16.5. The second-order valence-electron chi connectivity index (χ2n) is 8.52. The maximum Gasteiger partial charge on any atom is 0.210 e. The molecule has 2 heterocycles. The van der Waals surface area contributed by atoms with E-state index in [4.69, 9.17) is 4.74 Å². The molecule has 1 aromatic rings. The third kappa shape index (κ3) is 5.04. The molecule has 1 aromatic heterocycles. The molecule has 0 spiro atoms. The highest BCUT2D eigenvalue weighted by molar-refractivity contribution is 5.47. The molecule has 1 amide bonds. The first kappa shape index (κ1) is 19.3. The summed E-state index contributed by atoms with van der Waals surface area (Å²) < 4.78 is 6.63. The van der Waals surface area contributed by atoms with Crippen molar-refractivity contribution in [3.05, 3.63) is 30.1 Å². The Morgan fingerprint density at radius 1 is 1.27 bits per heavy atom. The Morgan fingerprint density at radius 2 is 2.00 bits per heavy atom. The van der Waals surface area contributed by atoms with Crippen LogP contribution in [0, 0.1) is 0 Å². The van der Waals surface area contributed by atoms with Crippen LogP contribution >= 0.6 is 0 Å². The summed E-state index contributed by atoms with van der Waals surface area (Å²) >= 11 is 0. The number of likely N-dealkylation sites (tertiary alicyclic amines) is 1. The molecule has 1 saturated carbocycles. The van der Waals surface area contributed by atoms with Gasteiger partial charge in [-0.15, -0.1) is 0 Å². The van der Waals surface area contributed by atoms with Crippen LogP contribution in [-0.2, 0) is 16.0 Å². The first-order chi connectivity index (χ1) is 12.4. The average molecular weight is 360 g/mol. The van der Waals surface area contributed by atoms with Crippen LogP contribution in [0.15, 0.2) is 24.4 Å². The Bertz CT molecular complexity index is 578. The van der Waals surface area contributed by atoms with Crippen LogP contribution in [0.1, 0.15) is 52.1 Å². The lowest BCUT2D eigenvalue weighted by Gasteiger charge is -2.45. The average Bonchev–Trinajstić information content (AvgIpc) is 3.36. The maximum absolute atomic E-state index is 11.5. The van der Waals surface area contributed by atoms with E-state index in [1.54, 1.807) is 0 Å². The molecule has 0 atom stereocenters. The van der Waals surface area contributed by atoms with Gasteiger partial charge in [-0.3, -0.25) is 9.78 Å². The van der Waals surface area contributed by atoms with Crippen LogP contribution in [0.5, 0.6) is 0 Å². The molecule has 1 aliphatic carbocycles. The van der Waals surface area contributed by atoms with Crippen molar-refractivity contribution in [2.75, 3.05) is 26.2 Å². The summed E-state index contributed by atoms with van der Waals surface area (Å²) in [4.78, 5) is 20.3. The van der Waals surface area contributed by atoms with Crippen molar-refractivity contribution < 1.29 is 9.53 Å². The minimum Gasteiger partial charge on any atom is -0.367 e. The molecular weight excluding hydrogens is 326 g/mol. The largest absolute Gasteiger partial charge is 0.367 e. The second-order valence-corrected chi connectivity index (χ2v) is 8.52. The van der Waals surface area contributed by atoms with Crippen LogP contribution in [-0.4, -0.2) is 64.6 Å². The van der Waals surface area contributed by atoms with Crippen LogP contribution in [0.3, 0.4) is 0 Å². The van der Waals surface area contributed by atoms with E-state index in [1.165, 1.54) is 0 Å². The van der Waals surface area contributed by atoms with Crippen molar-refractivity contribution in [2.24, 2.45) is 0 Å². The molecule has 2 aliphatic rings. The zero-order chi connectivity index (χ0) is 18.6. The Kier molecular flexibility index (Phi) is 5.98. The molecule has 26 heavy (non-hydrogen) atoms. The zero-order valence-corrected chi connectivity index (χ0v) is 16.5.